The van der Waals surface area contributed by atoms with E-state index in [4.69, 9.17) is 0 Å². The van der Waals surface area contributed by atoms with Crippen LogP contribution in [0.4, 0.5) is 0 Å². The molecule has 0 aliphatic rings. The van der Waals surface area contributed by atoms with E-state index in [2.05, 4.69) is 10.3 Å². The van der Waals surface area contributed by atoms with Gasteiger partial charge >= 0.3 is 0 Å². The molecule has 15 heavy (non-hydrogen) atoms. The first-order chi connectivity index (χ1) is 7.42. The maximum Gasteiger partial charge on any atom is 0.211 e. The van der Waals surface area contributed by atoms with Crippen molar-refractivity contribution in [2.75, 3.05) is 0 Å². The van der Waals surface area contributed by atoms with E-state index >= 15 is 0 Å². The third kappa shape index (κ3) is 2.02. The van der Waals surface area contributed by atoms with Gasteiger partial charge in [-0.15, -0.1) is 0 Å². The van der Waals surface area contributed by atoms with Crippen molar-refractivity contribution in [1.29, 1.82) is 0 Å². The summed E-state index contributed by atoms with van der Waals surface area (Å²) < 4.78 is 0. The minimum atomic E-state index is 0.639. The number of para-hydroxylation sites is 1. The molecule has 0 spiro atoms. The van der Waals surface area contributed by atoms with Gasteiger partial charge in [0, 0.05) is 17.8 Å². The number of aromatic nitrogens is 1. The quantitative estimate of drug-likeness (QED) is 0.766. The Morgan fingerprint density at radius 3 is 2.93 bits per heavy atom. The zero-order chi connectivity index (χ0) is 10.5. The Hall–Kier alpha value is -2.16. The van der Waals surface area contributed by atoms with E-state index in [0.29, 0.717) is 6.41 Å². The van der Waals surface area contributed by atoms with Crippen LogP contribution in [0, 0.1) is 0 Å². The summed E-state index contributed by atoms with van der Waals surface area (Å²) in [4.78, 5) is 14.3. The Balaban J connectivity index is 2.46. The van der Waals surface area contributed by atoms with Gasteiger partial charge in [0.2, 0.25) is 6.41 Å². The molecule has 2 rings (SSSR count). The molecule has 2 aromatic rings. The lowest BCUT2D eigenvalue weighted by Gasteiger charge is -2.00. The van der Waals surface area contributed by atoms with E-state index in [9.17, 15) is 4.79 Å². The van der Waals surface area contributed by atoms with E-state index < -0.39 is 0 Å². The molecule has 0 unspecified atom stereocenters. The van der Waals surface area contributed by atoms with Crippen LogP contribution in [0.15, 0.2) is 42.7 Å². The van der Waals surface area contributed by atoms with E-state index in [1.54, 1.807) is 12.4 Å². The van der Waals surface area contributed by atoms with Gasteiger partial charge in [0.25, 0.3) is 0 Å². The number of fused-ring (bicyclic) bond motifs is 1. The van der Waals surface area contributed by atoms with Gasteiger partial charge in [-0.05, 0) is 23.8 Å². The number of amides is 1. The van der Waals surface area contributed by atoms with Crippen LogP contribution in [0.2, 0.25) is 0 Å². The molecular formula is C12H10N2O. The van der Waals surface area contributed by atoms with Crippen LogP contribution >= 0.6 is 0 Å². The summed E-state index contributed by atoms with van der Waals surface area (Å²) >= 11 is 0. The minimum absolute atomic E-state index is 0.639. The van der Waals surface area contributed by atoms with Crippen molar-refractivity contribution in [3.05, 3.63) is 48.3 Å². The van der Waals surface area contributed by atoms with E-state index in [0.717, 1.165) is 16.5 Å². The van der Waals surface area contributed by atoms with Gasteiger partial charge in [0.05, 0.1) is 5.52 Å². The van der Waals surface area contributed by atoms with Crippen molar-refractivity contribution >= 4 is 23.4 Å². The highest BCUT2D eigenvalue weighted by Gasteiger charge is 1.96. The molecule has 1 amide bonds. The molecule has 0 aliphatic heterocycles. The number of hydrogen-bond acceptors (Lipinski definition) is 2. The third-order valence-electron chi connectivity index (χ3n) is 2.11. The first kappa shape index (κ1) is 9.40. The molecule has 0 fully saturated rings. The van der Waals surface area contributed by atoms with Crippen LogP contribution in [-0.2, 0) is 4.79 Å². The summed E-state index contributed by atoms with van der Waals surface area (Å²) in [6, 6.07) is 9.79. The van der Waals surface area contributed by atoms with Crippen molar-refractivity contribution in [3.8, 4) is 0 Å². The molecule has 74 valence electrons. The Morgan fingerprint density at radius 1 is 1.20 bits per heavy atom. The fraction of sp³-hybridized carbons (Fsp3) is 0. The van der Waals surface area contributed by atoms with Crippen LogP contribution in [0.1, 0.15) is 5.56 Å². The molecule has 0 bridgehead atoms. The first-order valence-electron chi connectivity index (χ1n) is 4.62. The van der Waals surface area contributed by atoms with Gasteiger partial charge in [-0.2, -0.15) is 0 Å². The Morgan fingerprint density at radius 2 is 2.07 bits per heavy atom. The Labute approximate surface area is 87.4 Å². The van der Waals surface area contributed by atoms with Crippen molar-refractivity contribution in [2.24, 2.45) is 0 Å². The first-order valence-corrected chi connectivity index (χ1v) is 4.62. The lowest BCUT2D eigenvalue weighted by atomic mass is 10.1. The summed E-state index contributed by atoms with van der Waals surface area (Å²) in [5, 5.41) is 3.55. The monoisotopic (exact) mass is 198 g/mol. The van der Waals surface area contributed by atoms with Crippen LogP contribution in [0.3, 0.4) is 0 Å². The molecule has 1 aromatic carbocycles. The predicted molar refractivity (Wildman–Crippen MR) is 60.0 cm³/mol. The summed E-state index contributed by atoms with van der Waals surface area (Å²) in [6.07, 6.45) is 5.84. The Bertz CT molecular complexity index is 500. The van der Waals surface area contributed by atoms with Gasteiger partial charge in [-0.1, -0.05) is 18.2 Å². The second kappa shape index (κ2) is 4.37. The summed E-state index contributed by atoms with van der Waals surface area (Å²) in [5.74, 6) is 0. The fourth-order valence-electron chi connectivity index (χ4n) is 1.44. The lowest BCUT2D eigenvalue weighted by molar-refractivity contribution is -0.108. The minimum Gasteiger partial charge on any atom is -0.335 e. The standard InChI is InChI=1S/C12H10N2O/c15-9-13-7-5-10-6-8-14-12-4-2-1-3-11(10)12/h1-9H,(H,13,15). The molecule has 1 heterocycles. The molecular weight excluding hydrogens is 188 g/mol. The molecule has 0 saturated heterocycles. The number of hydrogen-bond donors (Lipinski definition) is 1. The molecule has 0 aliphatic carbocycles. The normalized spacial score (nSPS) is 10.7. The summed E-state index contributed by atoms with van der Waals surface area (Å²) in [7, 11) is 0. The van der Waals surface area contributed by atoms with E-state index in [-0.39, 0.29) is 0 Å². The second-order valence-corrected chi connectivity index (χ2v) is 3.04. The number of pyridine rings is 1. The van der Waals surface area contributed by atoms with E-state index in [1.165, 1.54) is 0 Å². The molecule has 0 radical (unpaired) electrons. The van der Waals surface area contributed by atoms with Crippen molar-refractivity contribution in [2.45, 2.75) is 0 Å². The highest BCUT2D eigenvalue weighted by Crippen LogP contribution is 2.16. The molecule has 3 nitrogen and oxygen atoms in total. The average molecular weight is 198 g/mol. The van der Waals surface area contributed by atoms with Crippen LogP contribution in [-0.4, -0.2) is 11.4 Å². The van der Waals surface area contributed by atoms with Gasteiger partial charge < -0.3 is 5.32 Å². The molecule has 1 N–H and O–H groups in total. The number of benzene rings is 1. The zero-order valence-electron chi connectivity index (χ0n) is 8.05. The summed E-state index contributed by atoms with van der Waals surface area (Å²) in [5.41, 5.74) is 1.99. The van der Waals surface area contributed by atoms with Gasteiger partial charge in [-0.3, -0.25) is 9.78 Å². The van der Waals surface area contributed by atoms with E-state index in [1.807, 2.05) is 36.4 Å². The maximum atomic E-state index is 10.1. The largest absolute Gasteiger partial charge is 0.335 e. The number of carbonyl (C=O) groups excluding carboxylic acids is 1. The number of nitrogens with one attached hydrogen (secondary N) is 1. The fourth-order valence-corrected chi connectivity index (χ4v) is 1.44. The number of carbonyl (C=O) groups is 1. The van der Waals surface area contributed by atoms with Crippen molar-refractivity contribution in [3.63, 3.8) is 0 Å². The SMILES string of the molecule is O=CNC=Cc1ccnc2ccccc12. The smallest absolute Gasteiger partial charge is 0.211 e. The highest BCUT2D eigenvalue weighted by atomic mass is 16.1. The van der Waals surface area contributed by atoms with Crippen LogP contribution in [0.5, 0.6) is 0 Å². The zero-order valence-corrected chi connectivity index (χ0v) is 8.05. The third-order valence-corrected chi connectivity index (χ3v) is 2.11. The van der Waals surface area contributed by atoms with Crippen molar-refractivity contribution in [1.82, 2.24) is 10.3 Å². The molecule has 1 aromatic heterocycles. The second-order valence-electron chi connectivity index (χ2n) is 3.04. The van der Waals surface area contributed by atoms with Crippen LogP contribution in [0.25, 0.3) is 17.0 Å². The number of rotatable bonds is 3. The maximum absolute atomic E-state index is 10.1. The highest BCUT2D eigenvalue weighted by molar-refractivity contribution is 5.87. The van der Waals surface area contributed by atoms with Crippen molar-refractivity contribution < 1.29 is 4.79 Å². The molecule has 0 atom stereocenters. The topological polar surface area (TPSA) is 42.0 Å². The summed E-state index contributed by atoms with van der Waals surface area (Å²) in [6.45, 7) is 0. The number of nitrogens with zero attached hydrogens (tertiary/aromatic N) is 1. The molecule has 0 saturated carbocycles. The predicted octanol–water partition coefficient (Wildman–Crippen LogP) is 1.95. The lowest BCUT2D eigenvalue weighted by Crippen LogP contribution is -1.98. The Kier molecular flexibility index (Phi) is 2.74. The van der Waals surface area contributed by atoms with Crippen LogP contribution < -0.4 is 5.32 Å². The average Bonchev–Trinajstić information content (AvgIpc) is 2.30. The molecule has 3 heteroatoms. The van der Waals surface area contributed by atoms with Gasteiger partial charge in [0.1, 0.15) is 0 Å². The van der Waals surface area contributed by atoms with Gasteiger partial charge in [0.15, 0.2) is 0 Å². The van der Waals surface area contributed by atoms with Gasteiger partial charge in [-0.25, -0.2) is 0 Å².